The maximum absolute atomic E-state index is 12.4. The third-order valence-electron chi connectivity index (χ3n) is 4.53. The van der Waals surface area contributed by atoms with Crippen molar-refractivity contribution < 1.29 is 19.1 Å². The van der Waals surface area contributed by atoms with Crippen LogP contribution >= 0.6 is 0 Å². The van der Waals surface area contributed by atoms with Gasteiger partial charge in [0.05, 0.1) is 20.1 Å². The molecule has 0 saturated heterocycles. The van der Waals surface area contributed by atoms with Gasteiger partial charge >= 0.3 is 0 Å². The fourth-order valence-corrected chi connectivity index (χ4v) is 2.95. The Hall–Kier alpha value is -3.69. The van der Waals surface area contributed by atoms with Crippen molar-refractivity contribution in [3.8, 4) is 11.5 Å². The zero-order chi connectivity index (χ0) is 21.7. The summed E-state index contributed by atoms with van der Waals surface area (Å²) < 4.78 is 12.4. The van der Waals surface area contributed by atoms with Crippen LogP contribution in [0.15, 0.2) is 24.5 Å². The molecule has 0 atom stereocenters. The maximum atomic E-state index is 12.4. The Morgan fingerprint density at radius 1 is 1.17 bits per heavy atom. The molecule has 30 heavy (non-hydrogen) atoms. The van der Waals surface area contributed by atoms with Crippen LogP contribution in [-0.2, 0) is 11.2 Å². The van der Waals surface area contributed by atoms with Crippen LogP contribution in [-0.4, -0.2) is 45.1 Å². The van der Waals surface area contributed by atoms with E-state index in [-0.39, 0.29) is 12.3 Å². The SMILES string of the molecule is CCCOc1ccc(C(=O)NNC(=O)Cc2c(C)nc3ncnn3c2C)cc1OC. The van der Waals surface area contributed by atoms with Crippen molar-refractivity contribution in [1.82, 2.24) is 30.4 Å². The minimum atomic E-state index is -0.470. The Kier molecular flexibility index (Phi) is 6.45. The maximum Gasteiger partial charge on any atom is 0.269 e. The van der Waals surface area contributed by atoms with Crippen LogP contribution in [0.1, 0.15) is 40.7 Å². The average Bonchev–Trinajstić information content (AvgIpc) is 3.21. The third-order valence-corrected chi connectivity index (χ3v) is 4.53. The number of nitrogens with one attached hydrogen (secondary N) is 2. The lowest BCUT2D eigenvalue weighted by Crippen LogP contribution is -2.42. The van der Waals surface area contributed by atoms with Crippen LogP contribution in [0.3, 0.4) is 0 Å². The number of hydrazine groups is 1. The van der Waals surface area contributed by atoms with E-state index in [0.29, 0.717) is 35.1 Å². The van der Waals surface area contributed by atoms with E-state index in [4.69, 9.17) is 9.47 Å². The normalized spacial score (nSPS) is 10.7. The van der Waals surface area contributed by atoms with Gasteiger partial charge in [-0.3, -0.25) is 20.4 Å². The zero-order valence-electron chi connectivity index (χ0n) is 17.4. The van der Waals surface area contributed by atoms with E-state index in [1.54, 1.807) is 29.6 Å². The standard InChI is InChI=1S/C20H24N6O4/c1-5-8-30-16-7-6-14(9-17(16)29-4)19(28)25-24-18(27)10-15-12(2)23-20-21-11-22-26(20)13(15)3/h6-7,9,11H,5,8,10H2,1-4H3,(H,24,27)(H,25,28). The number of hydrogen-bond acceptors (Lipinski definition) is 7. The fourth-order valence-electron chi connectivity index (χ4n) is 2.95. The molecule has 158 valence electrons. The molecular formula is C20H24N6O4. The van der Waals surface area contributed by atoms with Crippen molar-refractivity contribution in [3.05, 3.63) is 47.0 Å². The zero-order valence-corrected chi connectivity index (χ0v) is 17.4. The largest absolute Gasteiger partial charge is 0.493 e. The van der Waals surface area contributed by atoms with E-state index in [9.17, 15) is 9.59 Å². The second-order valence-electron chi connectivity index (χ2n) is 6.63. The lowest BCUT2D eigenvalue weighted by Gasteiger charge is -2.13. The van der Waals surface area contributed by atoms with E-state index in [2.05, 4.69) is 25.9 Å². The summed E-state index contributed by atoms with van der Waals surface area (Å²) in [4.78, 5) is 33.2. The predicted octanol–water partition coefficient (Wildman–Crippen LogP) is 1.54. The predicted molar refractivity (Wildman–Crippen MR) is 108 cm³/mol. The summed E-state index contributed by atoms with van der Waals surface area (Å²) in [7, 11) is 1.50. The monoisotopic (exact) mass is 412 g/mol. The summed E-state index contributed by atoms with van der Waals surface area (Å²) in [6.07, 6.45) is 2.30. The van der Waals surface area contributed by atoms with E-state index in [0.717, 1.165) is 17.7 Å². The van der Waals surface area contributed by atoms with Gasteiger partial charge in [-0.25, -0.2) is 9.50 Å². The highest BCUT2D eigenvalue weighted by Gasteiger charge is 2.16. The summed E-state index contributed by atoms with van der Waals surface area (Å²) in [5, 5.41) is 4.10. The summed E-state index contributed by atoms with van der Waals surface area (Å²) in [5.41, 5.74) is 7.34. The molecule has 2 N–H and O–H groups in total. The first-order valence-electron chi connectivity index (χ1n) is 9.50. The molecule has 0 fully saturated rings. The fraction of sp³-hybridized carbons (Fsp3) is 0.350. The number of carbonyl (C=O) groups excluding carboxylic acids is 2. The number of nitrogens with zero attached hydrogens (tertiary/aromatic N) is 4. The smallest absolute Gasteiger partial charge is 0.269 e. The molecule has 3 aromatic rings. The van der Waals surface area contributed by atoms with Gasteiger partial charge in [-0.2, -0.15) is 10.1 Å². The van der Waals surface area contributed by atoms with Crippen molar-refractivity contribution in [2.45, 2.75) is 33.6 Å². The highest BCUT2D eigenvalue weighted by molar-refractivity contribution is 5.96. The van der Waals surface area contributed by atoms with Crippen molar-refractivity contribution in [2.75, 3.05) is 13.7 Å². The second kappa shape index (κ2) is 9.21. The van der Waals surface area contributed by atoms with E-state index >= 15 is 0 Å². The first-order chi connectivity index (χ1) is 14.4. The molecule has 0 unspecified atom stereocenters. The number of aryl methyl sites for hydroxylation is 2. The third kappa shape index (κ3) is 4.48. The summed E-state index contributed by atoms with van der Waals surface area (Å²) in [6, 6.07) is 4.83. The first kappa shape index (κ1) is 21.0. The van der Waals surface area contributed by atoms with Gasteiger partial charge in [0.25, 0.3) is 11.7 Å². The Bertz CT molecular complexity index is 1080. The van der Waals surface area contributed by atoms with Gasteiger partial charge in [0.2, 0.25) is 5.91 Å². The molecule has 0 radical (unpaired) electrons. The van der Waals surface area contributed by atoms with Gasteiger partial charge < -0.3 is 9.47 Å². The quantitative estimate of drug-likeness (QED) is 0.565. The number of ether oxygens (including phenoxy) is 2. The minimum Gasteiger partial charge on any atom is -0.493 e. The van der Waals surface area contributed by atoms with Crippen LogP contribution < -0.4 is 20.3 Å². The summed E-state index contributed by atoms with van der Waals surface area (Å²) >= 11 is 0. The first-order valence-corrected chi connectivity index (χ1v) is 9.50. The number of carbonyl (C=O) groups is 2. The van der Waals surface area contributed by atoms with Gasteiger partial charge in [-0.15, -0.1) is 0 Å². The van der Waals surface area contributed by atoms with Crippen molar-refractivity contribution in [1.29, 1.82) is 0 Å². The molecule has 10 nitrogen and oxygen atoms in total. The highest BCUT2D eigenvalue weighted by Crippen LogP contribution is 2.28. The Labute approximate surface area is 173 Å². The average molecular weight is 412 g/mol. The summed E-state index contributed by atoms with van der Waals surface area (Å²) in [5.74, 6) is 0.623. The lowest BCUT2D eigenvalue weighted by molar-refractivity contribution is -0.121. The Balaban J connectivity index is 1.64. The van der Waals surface area contributed by atoms with Crippen LogP contribution in [0, 0.1) is 13.8 Å². The highest BCUT2D eigenvalue weighted by atomic mass is 16.5. The lowest BCUT2D eigenvalue weighted by atomic mass is 10.1. The van der Waals surface area contributed by atoms with Crippen molar-refractivity contribution in [3.63, 3.8) is 0 Å². The van der Waals surface area contributed by atoms with Gasteiger partial charge in [-0.1, -0.05) is 6.92 Å². The number of aromatic nitrogens is 4. The molecule has 0 saturated carbocycles. The molecule has 0 bridgehead atoms. The number of benzene rings is 1. The van der Waals surface area contributed by atoms with Gasteiger partial charge in [-0.05, 0) is 38.5 Å². The second-order valence-corrected chi connectivity index (χ2v) is 6.63. The number of fused-ring (bicyclic) bond motifs is 1. The molecule has 2 aromatic heterocycles. The van der Waals surface area contributed by atoms with E-state index in [1.807, 2.05) is 13.8 Å². The molecule has 0 aliphatic rings. The number of amides is 2. The topological polar surface area (TPSA) is 120 Å². The van der Waals surface area contributed by atoms with Crippen LogP contribution in [0.5, 0.6) is 11.5 Å². The van der Waals surface area contributed by atoms with Gasteiger partial charge in [0.1, 0.15) is 6.33 Å². The Morgan fingerprint density at radius 2 is 1.97 bits per heavy atom. The Morgan fingerprint density at radius 3 is 2.70 bits per heavy atom. The minimum absolute atomic E-state index is 0.0356. The molecule has 10 heteroatoms. The van der Waals surface area contributed by atoms with Crippen molar-refractivity contribution >= 4 is 17.6 Å². The van der Waals surface area contributed by atoms with Gasteiger partial charge in [0.15, 0.2) is 11.5 Å². The molecular weight excluding hydrogens is 388 g/mol. The van der Waals surface area contributed by atoms with Gasteiger partial charge in [0, 0.05) is 22.5 Å². The van der Waals surface area contributed by atoms with Crippen LogP contribution in [0.2, 0.25) is 0 Å². The van der Waals surface area contributed by atoms with E-state index < -0.39 is 5.91 Å². The molecule has 1 aromatic carbocycles. The summed E-state index contributed by atoms with van der Waals surface area (Å²) in [6.45, 7) is 6.19. The van der Waals surface area contributed by atoms with E-state index in [1.165, 1.54) is 13.4 Å². The van der Waals surface area contributed by atoms with Crippen LogP contribution in [0.25, 0.3) is 5.78 Å². The number of rotatable bonds is 7. The number of methoxy groups -OCH3 is 1. The molecule has 3 rings (SSSR count). The van der Waals surface area contributed by atoms with Crippen molar-refractivity contribution in [2.24, 2.45) is 0 Å². The number of hydrogen-bond donors (Lipinski definition) is 2. The molecule has 2 heterocycles. The molecule has 0 aliphatic heterocycles. The molecule has 0 spiro atoms. The van der Waals surface area contributed by atoms with Crippen LogP contribution in [0.4, 0.5) is 0 Å². The molecule has 2 amide bonds. The molecule has 0 aliphatic carbocycles.